The van der Waals surface area contributed by atoms with Crippen LogP contribution in [-0.4, -0.2) is 34.6 Å². The molecule has 0 radical (unpaired) electrons. The first-order valence-corrected chi connectivity index (χ1v) is 10.9. The van der Waals surface area contributed by atoms with Crippen molar-refractivity contribution in [2.45, 2.75) is 44.7 Å². The minimum absolute atomic E-state index is 0.260. The van der Waals surface area contributed by atoms with Crippen molar-refractivity contribution in [3.8, 4) is 5.75 Å². The second kappa shape index (κ2) is 10.9. The van der Waals surface area contributed by atoms with Crippen LogP contribution in [0.5, 0.6) is 5.75 Å². The molecule has 0 heterocycles. The van der Waals surface area contributed by atoms with Gasteiger partial charge in [0.1, 0.15) is 11.4 Å². The summed E-state index contributed by atoms with van der Waals surface area (Å²) in [7, 11) is -1.02. The lowest BCUT2D eigenvalue weighted by Gasteiger charge is -2.23. The molecule has 0 spiro atoms. The Kier molecular flexibility index (Phi) is 8.51. The van der Waals surface area contributed by atoms with Gasteiger partial charge in [-0.15, -0.1) is 0 Å². The van der Waals surface area contributed by atoms with Crippen LogP contribution >= 0.6 is 0 Å². The zero-order chi connectivity index (χ0) is 20.4. The lowest BCUT2D eigenvalue weighted by Crippen LogP contribution is -2.39. The van der Waals surface area contributed by atoms with Crippen LogP contribution in [0.2, 0.25) is 0 Å². The molecule has 0 amide bonds. The molecule has 1 unspecified atom stereocenters. The highest BCUT2D eigenvalue weighted by molar-refractivity contribution is 7.85. The average Bonchev–Trinajstić information content (AvgIpc) is 2.66. The normalized spacial score (nSPS) is 13.1. The van der Waals surface area contributed by atoms with E-state index in [9.17, 15) is 4.21 Å². The third-order valence-corrected chi connectivity index (χ3v) is 5.10. The molecule has 0 bridgehead atoms. The summed E-state index contributed by atoms with van der Waals surface area (Å²) in [6.07, 6.45) is 0. The van der Waals surface area contributed by atoms with Crippen molar-refractivity contribution in [2.24, 2.45) is 4.99 Å². The maximum absolute atomic E-state index is 12.3. The summed E-state index contributed by atoms with van der Waals surface area (Å²) >= 11 is 0. The van der Waals surface area contributed by atoms with Crippen LogP contribution in [0.1, 0.15) is 33.3 Å². The van der Waals surface area contributed by atoms with Gasteiger partial charge in [-0.3, -0.25) is 4.21 Å². The highest BCUT2D eigenvalue weighted by atomic mass is 32.2. The molecule has 0 saturated carbocycles. The SMILES string of the molecule is CCNC(=NCc1ccccc1OC(C)(C)C)NCCS(=O)c1ccccc1. The highest BCUT2D eigenvalue weighted by Gasteiger charge is 2.14. The minimum atomic E-state index is -1.02. The van der Waals surface area contributed by atoms with E-state index in [4.69, 9.17) is 4.74 Å². The van der Waals surface area contributed by atoms with Crippen LogP contribution < -0.4 is 15.4 Å². The van der Waals surface area contributed by atoms with Crippen LogP contribution in [0.3, 0.4) is 0 Å². The molecule has 2 aromatic rings. The molecule has 2 N–H and O–H groups in total. The second-order valence-electron chi connectivity index (χ2n) is 7.31. The molecule has 0 aliphatic heterocycles. The van der Waals surface area contributed by atoms with Gasteiger partial charge < -0.3 is 15.4 Å². The number of guanidine groups is 1. The van der Waals surface area contributed by atoms with E-state index in [1.165, 1.54) is 0 Å². The van der Waals surface area contributed by atoms with Gasteiger partial charge >= 0.3 is 0 Å². The van der Waals surface area contributed by atoms with Gasteiger partial charge in [0.15, 0.2) is 5.96 Å². The molecule has 2 aromatic carbocycles. The molecule has 0 aliphatic rings. The zero-order valence-corrected chi connectivity index (χ0v) is 18.0. The third kappa shape index (κ3) is 7.72. The van der Waals surface area contributed by atoms with E-state index in [1.807, 2.05) is 82.3 Å². The van der Waals surface area contributed by atoms with Gasteiger partial charge in [-0.2, -0.15) is 0 Å². The summed E-state index contributed by atoms with van der Waals surface area (Å²) in [6, 6.07) is 17.5. The number of ether oxygens (including phenoxy) is 1. The summed E-state index contributed by atoms with van der Waals surface area (Å²) in [5.74, 6) is 2.08. The van der Waals surface area contributed by atoms with E-state index in [2.05, 4.69) is 15.6 Å². The van der Waals surface area contributed by atoms with E-state index in [-0.39, 0.29) is 5.60 Å². The summed E-state index contributed by atoms with van der Waals surface area (Å²) in [6.45, 7) is 9.96. The summed E-state index contributed by atoms with van der Waals surface area (Å²) in [5, 5.41) is 6.50. The Balaban J connectivity index is 1.96. The van der Waals surface area contributed by atoms with Gasteiger partial charge in [-0.1, -0.05) is 36.4 Å². The van der Waals surface area contributed by atoms with Crippen molar-refractivity contribution in [2.75, 3.05) is 18.8 Å². The first-order chi connectivity index (χ1) is 13.4. The molecule has 2 rings (SSSR count). The molecular formula is C22H31N3O2S. The fourth-order valence-corrected chi connectivity index (χ4v) is 3.51. The van der Waals surface area contributed by atoms with Crippen LogP contribution in [0, 0.1) is 0 Å². The van der Waals surface area contributed by atoms with E-state index in [0.29, 0.717) is 24.8 Å². The van der Waals surface area contributed by atoms with Crippen LogP contribution in [0.4, 0.5) is 0 Å². The van der Waals surface area contributed by atoms with Gasteiger partial charge in [-0.25, -0.2) is 4.99 Å². The number of benzene rings is 2. The lowest BCUT2D eigenvalue weighted by molar-refractivity contribution is 0.129. The van der Waals surface area contributed by atoms with Gasteiger partial charge in [-0.05, 0) is 45.9 Å². The molecule has 152 valence electrons. The molecule has 0 fully saturated rings. The lowest BCUT2D eigenvalue weighted by atomic mass is 10.1. The van der Waals surface area contributed by atoms with Crippen LogP contribution in [0.15, 0.2) is 64.5 Å². The molecule has 0 aliphatic carbocycles. The quantitative estimate of drug-likeness (QED) is 0.523. The fraction of sp³-hybridized carbons (Fsp3) is 0.409. The Morgan fingerprint density at radius 1 is 1.04 bits per heavy atom. The largest absolute Gasteiger partial charge is 0.488 e. The molecular weight excluding hydrogens is 370 g/mol. The zero-order valence-electron chi connectivity index (χ0n) is 17.2. The predicted molar refractivity (Wildman–Crippen MR) is 117 cm³/mol. The maximum atomic E-state index is 12.3. The number of nitrogens with one attached hydrogen (secondary N) is 2. The second-order valence-corrected chi connectivity index (χ2v) is 8.88. The van der Waals surface area contributed by atoms with Gasteiger partial charge in [0.05, 0.1) is 17.3 Å². The smallest absolute Gasteiger partial charge is 0.191 e. The van der Waals surface area contributed by atoms with Crippen molar-refractivity contribution in [3.05, 3.63) is 60.2 Å². The van der Waals surface area contributed by atoms with Crippen LogP contribution in [-0.2, 0) is 17.3 Å². The van der Waals surface area contributed by atoms with Gasteiger partial charge in [0, 0.05) is 29.3 Å². The van der Waals surface area contributed by atoms with Crippen molar-refractivity contribution in [1.29, 1.82) is 0 Å². The monoisotopic (exact) mass is 401 g/mol. The van der Waals surface area contributed by atoms with Crippen molar-refractivity contribution in [1.82, 2.24) is 10.6 Å². The summed E-state index contributed by atoms with van der Waals surface area (Å²) < 4.78 is 18.4. The number of para-hydroxylation sites is 1. The van der Waals surface area contributed by atoms with Gasteiger partial charge in [0.2, 0.25) is 0 Å². The molecule has 6 heteroatoms. The number of aliphatic imine (C=N–C) groups is 1. The van der Waals surface area contributed by atoms with E-state index in [1.54, 1.807) is 0 Å². The van der Waals surface area contributed by atoms with Crippen LogP contribution in [0.25, 0.3) is 0 Å². The summed E-state index contributed by atoms with van der Waals surface area (Å²) in [5.41, 5.74) is 0.770. The molecule has 28 heavy (non-hydrogen) atoms. The first-order valence-electron chi connectivity index (χ1n) is 9.61. The Morgan fingerprint density at radius 2 is 1.71 bits per heavy atom. The molecule has 1 atom stereocenters. The van der Waals surface area contributed by atoms with Crippen molar-refractivity contribution < 1.29 is 8.95 Å². The minimum Gasteiger partial charge on any atom is -0.488 e. The van der Waals surface area contributed by atoms with E-state index >= 15 is 0 Å². The topological polar surface area (TPSA) is 62.7 Å². The molecule has 0 saturated heterocycles. The van der Waals surface area contributed by atoms with Crippen molar-refractivity contribution >= 4 is 16.8 Å². The number of nitrogens with zero attached hydrogens (tertiary/aromatic N) is 1. The number of hydrogen-bond donors (Lipinski definition) is 2. The number of hydrogen-bond acceptors (Lipinski definition) is 3. The Morgan fingerprint density at radius 3 is 2.39 bits per heavy atom. The number of rotatable bonds is 8. The third-order valence-electron chi connectivity index (χ3n) is 3.73. The Bertz CT molecular complexity index is 786. The standard InChI is InChI=1S/C22H31N3O2S/c1-5-23-21(24-15-16-28(26)19-12-7-6-8-13-19)25-17-18-11-9-10-14-20(18)27-22(2,3)4/h6-14H,5,15-17H2,1-4H3,(H2,23,24,25). The fourth-order valence-electron chi connectivity index (χ4n) is 2.52. The Hall–Kier alpha value is -2.34. The highest BCUT2D eigenvalue weighted by Crippen LogP contribution is 2.23. The Labute approximate surface area is 171 Å². The first kappa shape index (κ1) is 22.0. The van der Waals surface area contributed by atoms with Crippen molar-refractivity contribution in [3.63, 3.8) is 0 Å². The maximum Gasteiger partial charge on any atom is 0.191 e. The molecule has 0 aromatic heterocycles. The van der Waals surface area contributed by atoms with Gasteiger partial charge in [0.25, 0.3) is 0 Å². The summed E-state index contributed by atoms with van der Waals surface area (Å²) in [4.78, 5) is 5.51. The van der Waals surface area contributed by atoms with E-state index in [0.717, 1.165) is 22.8 Å². The predicted octanol–water partition coefficient (Wildman–Crippen LogP) is 3.73. The molecule has 5 nitrogen and oxygen atoms in total. The average molecular weight is 402 g/mol. The van der Waals surface area contributed by atoms with E-state index < -0.39 is 10.8 Å².